The topological polar surface area (TPSA) is 88.7 Å². The summed E-state index contributed by atoms with van der Waals surface area (Å²) in [6.45, 7) is 8.37. The van der Waals surface area contributed by atoms with Crippen molar-refractivity contribution in [3.05, 3.63) is 63.1 Å². The first kappa shape index (κ1) is 33.8. The number of likely N-dealkylation sites (tertiary alicyclic amines) is 2. The highest BCUT2D eigenvalue weighted by molar-refractivity contribution is 6.36. The molecule has 254 valence electrons. The number of hydrogen-bond donors (Lipinski definition) is 1. The Hall–Kier alpha value is -3.05. The Bertz CT molecular complexity index is 1430. The van der Waals surface area contributed by atoms with Crippen LogP contribution in [-0.2, 0) is 22.4 Å². The molecule has 3 saturated heterocycles. The largest absolute Gasteiger partial charge is 0.436 e. The SMILES string of the molecule is Cc1c(Cl)cc(CC(OC(=O)N2CCC(N3CCc4ccccc4NC3=O)CC2)C(=O)N2CCN(C3CCN(C)CC3)CC2)cc1Cl. The lowest BCUT2D eigenvalue weighted by molar-refractivity contribution is -0.143. The van der Waals surface area contributed by atoms with Gasteiger partial charge in [-0.3, -0.25) is 9.69 Å². The number of fused-ring (bicyclic) bond motifs is 1. The van der Waals surface area contributed by atoms with Crippen molar-refractivity contribution in [1.82, 2.24) is 24.5 Å². The number of urea groups is 1. The quantitative estimate of drug-likeness (QED) is 0.453. The van der Waals surface area contributed by atoms with Crippen LogP contribution in [0.1, 0.15) is 42.4 Å². The van der Waals surface area contributed by atoms with Crippen LogP contribution in [0.3, 0.4) is 0 Å². The Kier molecular flexibility index (Phi) is 10.8. The van der Waals surface area contributed by atoms with Crippen LogP contribution in [0.25, 0.3) is 0 Å². The summed E-state index contributed by atoms with van der Waals surface area (Å²) in [5.74, 6) is -0.190. The van der Waals surface area contributed by atoms with Crippen LogP contribution < -0.4 is 5.32 Å². The number of ether oxygens (including phenoxy) is 1. The monoisotopic (exact) mass is 684 g/mol. The smallest absolute Gasteiger partial charge is 0.410 e. The number of halogens is 2. The van der Waals surface area contributed by atoms with E-state index in [1.807, 2.05) is 41.0 Å². The highest BCUT2D eigenvalue weighted by Crippen LogP contribution is 2.28. The number of nitrogens with one attached hydrogen (secondary N) is 1. The van der Waals surface area contributed by atoms with E-state index >= 15 is 0 Å². The molecule has 4 aliphatic heterocycles. The van der Waals surface area contributed by atoms with E-state index < -0.39 is 12.2 Å². The van der Waals surface area contributed by atoms with Gasteiger partial charge in [-0.1, -0.05) is 41.4 Å². The minimum absolute atomic E-state index is 0.0171. The third-order valence-corrected chi connectivity index (χ3v) is 11.2. The summed E-state index contributed by atoms with van der Waals surface area (Å²) < 4.78 is 6.04. The van der Waals surface area contributed by atoms with Crippen LogP contribution in [0.15, 0.2) is 36.4 Å². The first-order chi connectivity index (χ1) is 22.7. The second-order valence-corrected chi connectivity index (χ2v) is 14.2. The molecule has 3 fully saturated rings. The van der Waals surface area contributed by atoms with Gasteiger partial charge in [0.25, 0.3) is 5.91 Å². The normalized spacial score (nSPS) is 21.2. The zero-order chi connectivity index (χ0) is 33.1. The van der Waals surface area contributed by atoms with E-state index in [-0.39, 0.29) is 24.4 Å². The maximum Gasteiger partial charge on any atom is 0.410 e. The molecule has 0 spiro atoms. The van der Waals surface area contributed by atoms with Gasteiger partial charge in [0.2, 0.25) is 0 Å². The Balaban J connectivity index is 1.08. The molecule has 1 atom stereocenters. The summed E-state index contributed by atoms with van der Waals surface area (Å²) in [6, 6.07) is 11.9. The molecule has 6 rings (SSSR count). The predicted molar refractivity (Wildman–Crippen MR) is 184 cm³/mol. The molecule has 4 heterocycles. The van der Waals surface area contributed by atoms with Gasteiger partial charge in [-0.25, -0.2) is 9.59 Å². The van der Waals surface area contributed by atoms with E-state index in [1.54, 1.807) is 17.0 Å². The average molecular weight is 686 g/mol. The number of carbonyl (C=O) groups excluding carboxylic acids is 3. The van der Waals surface area contributed by atoms with Gasteiger partial charge in [-0.05, 0) is 94.1 Å². The lowest BCUT2D eigenvalue weighted by atomic mass is 10.0. The van der Waals surface area contributed by atoms with Crippen molar-refractivity contribution < 1.29 is 19.1 Å². The second kappa shape index (κ2) is 15.0. The van der Waals surface area contributed by atoms with Crippen molar-refractivity contribution in [2.24, 2.45) is 0 Å². The summed E-state index contributed by atoms with van der Waals surface area (Å²) >= 11 is 12.9. The van der Waals surface area contributed by atoms with E-state index in [2.05, 4.69) is 22.2 Å². The van der Waals surface area contributed by atoms with E-state index in [0.717, 1.165) is 67.8 Å². The Morgan fingerprint density at radius 3 is 2.19 bits per heavy atom. The minimum Gasteiger partial charge on any atom is -0.436 e. The first-order valence-corrected chi connectivity index (χ1v) is 17.7. The molecule has 4 amide bonds. The van der Waals surface area contributed by atoms with E-state index in [4.69, 9.17) is 27.9 Å². The third kappa shape index (κ3) is 7.99. The minimum atomic E-state index is -1.00. The highest BCUT2D eigenvalue weighted by Gasteiger charge is 2.36. The van der Waals surface area contributed by atoms with Crippen molar-refractivity contribution in [2.45, 2.75) is 63.6 Å². The summed E-state index contributed by atoms with van der Waals surface area (Å²) in [5, 5.41) is 4.07. The summed E-state index contributed by atoms with van der Waals surface area (Å²) in [5.41, 5.74) is 3.50. The number of nitrogens with zero attached hydrogens (tertiary/aromatic N) is 5. The summed E-state index contributed by atoms with van der Waals surface area (Å²) in [6.07, 6.45) is 3.02. The molecule has 1 unspecified atom stereocenters. The van der Waals surface area contributed by atoms with Crippen LogP contribution >= 0.6 is 23.2 Å². The maximum absolute atomic E-state index is 14.0. The van der Waals surface area contributed by atoms with Gasteiger partial charge in [-0.15, -0.1) is 0 Å². The van der Waals surface area contributed by atoms with Gasteiger partial charge >= 0.3 is 12.1 Å². The Labute approximate surface area is 287 Å². The molecule has 47 heavy (non-hydrogen) atoms. The molecule has 0 aliphatic carbocycles. The van der Waals surface area contributed by atoms with Crippen molar-refractivity contribution in [2.75, 3.05) is 71.3 Å². The molecule has 2 aromatic carbocycles. The number of carbonyl (C=O) groups is 3. The van der Waals surface area contributed by atoms with Gasteiger partial charge in [0.05, 0.1) is 0 Å². The fourth-order valence-corrected chi connectivity index (χ4v) is 7.91. The third-order valence-electron chi connectivity index (χ3n) is 10.4. The molecular weight excluding hydrogens is 639 g/mol. The first-order valence-electron chi connectivity index (χ1n) is 16.9. The second-order valence-electron chi connectivity index (χ2n) is 13.4. The molecule has 4 aliphatic rings. The molecule has 0 aromatic heterocycles. The molecule has 0 radical (unpaired) electrons. The van der Waals surface area contributed by atoms with Crippen molar-refractivity contribution in [1.29, 1.82) is 0 Å². The van der Waals surface area contributed by atoms with Crippen molar-refractivity contribution in [3.8, 4) is 0 Å². The van der Waals surface area contributed by atoms with Gasteiger partial charge in [0.1, 0.15) is 0 Å². The molecular formula is C35H46Cl2N6O4. The number of amides is 4. The number of benzene rings is 2. The van der Waals surface area contributed by atoms with E-state index in [0.29, 0.717) is 61.7 Å². The average Bonchev–Trinajstić information content (AvgIpc) is 3.25. The van der Waals surface area contributed by atoms with Crippen molar-refractivity contribution >= 4 is 46.9 Å². The fourth-order valence-electron chi connectivity index (χ4n) is 7.37. The molecule has 0 saturated carbocycles. The number of para-hydroxylation sites is 1. The van der Waals surface area contributed by atoms with Crippen LogP contribution in [0.2, 0.25) is 10.0 Å². The summed E-state index contributed by atoms with van der Waals surface area (Å²) in [4.78, 5) is 50.9. The van der Waals surface area contributed by atoms with E-state index in [9.17, 15) is 14.4 Å². The zero-order valence-corrected chi connectivity index (χ0v) is 28.9. The molecule has 12 heteroatoms. The van der Waals surface area contributed by atoms with Gasteiger partial charge < -0.3 is 29.7 Å². The molecule has 10 nitrogen and oxygen atoms in total. The lowest BCUT2D eigenvalue weighted by Gasteiger charge is -2.42. The number of piperidine rings is 2. The van der Waals surface area contributed by atoms with Crippen molar-refractivity contribution in [3.63, 3.8) is 0 Å². The van der Waals surface area contributed by atoms with Crippen LogP contribution in [0.4, 0.5) is 15.3 Å². The number of rotatable bonds is 6. The standard InChI is InChI=1S/C35H46Cl2N6O4/c1-24-29(36)21-25(22-30(24)37)23-32(33(44)41-19-17-40(18-20-41)27-8-12-39(2)13-9-27)47-35(46)42-14-10-28(11-15-42)43-16-7-26-5-3-4-6-31(26)38-34(43)45/h3-6,21-22,27-28,32H,7-20,23H2,1-2H3,(H,38,45). The number of piperazine rings is 1. The van der Waals surface area contributed by atoms with E-state index in [1.165, 1.54) is 0 Å². The van der Waals surface area contributed by atoms with Gasteiger partial charge in [0, 0.05) is 80.1 Å². The Morgan fingerprint density at radius 2 is 1.51 bits per heavy atom. The fraction of sp³-hybridized carbons (Fsp3) is 0.571. The van der Waals surface area contributed by atoms with Crippen LogP contribution in [-0.4, -0.2) is 127 Å². The number of anilines is 1. The van der Waals surface area contributed by atoms with Crippen LogP contribution in [0.5, 0.6) is 0 Å². The summed E-state index contributed by atoms with van der Waals surface area (Å²) in [7, 11) is 2.17. The van der Waals surface area contributed by atoms with Gasteiger partial charge in [-0.2, -0.15) is 0 Å². The Morgan fingerprint density at radius 1 is 0.872 bits per heavy atom. The highest BCUT2D eigenvalue weighted by atomic mass is 35.5. The number of hydrogen-bond acceptors (Lipinski definition) is 6. The predicted octanol–water partition coefficient (Wildman–Crippen LogP) is 5.14. The van der Waals surface area contributed by atoms with Crippen LogP contribution in [0, 0.1) is 6.92 Å². The zero-order valence-electron chi connectivity index (χ0n) is 27.4. The molecule has 0 bridgehead atoms. The van der Waals surface area contributed by atoms with Gasteiger partial charge in [0.15, 0.2) is 6.10 Å². The lowest BCUT2D eigenvalue weighted by Crippen LogP contribution is -2.56. The molecule has 2 aromatic rings. The maximum atomic E-state index is 14.0. The molecule has 1 N–H and O–H groups in total.